The van der Waals surface area contributed by atoms with Gasteiger partial charge in [-0.15, -0.1) is 0 Å². The van der Waals surface area contributed by atoms with Crippen LogP contribution in [0.1, 0.15) is 94.9 Å². The summed E-state index contributed by atoms with van der Waals surface area (Å²) in [6, 6.07) is 0.207. The minimum atomic E-state index is -1.79. The molecule has 4 rings (SSSR count). The molecule has 0 aromatic heterocycles. The van der Waals surface area contributed by atoms with Gasteiger partial charge in [0.15, 0.2) is 18.7 Å². The van der Waals surface area contributed by atoms with Gasteiger partial charge in [0.25, 0.3) is 6.47 Å². The van der Waals surface area contributed by atoms with E-state index in [0.717, 1.165) is 12.0 Å². The highest BCUT2D eigenvalue weighted by atomic mass is 16.7. The number of carbonyl (C=O) groups is 2. The smallest absolute Gasteiger partial charge is 0.311 e. The van der Waals surface area contributed by atoms with E-state index in [4.69, 9.17) is 37.9 Å². The summed E-state index contributed by atoms with van der Waals surface area (Å²) in [5, 5.41) is 23.3. The molecule has 4 heterocycles. The average Bonchev–Trinajstić information content (AvgIpc) is 3.46. The van der Waals surface area contributed by atoms with E-state index in [1.165, 1.54) is 6.92 Å². The monoisotopic (exact) mass is 727 g/mol. The number of cyclic esters (lactones) is 1. The molecule has 0 aromatic rings. The first-order valence-corrected chi connectivity index (χ1v) is 18.7. The lowest BCUT2D eigenvalue weighted by molar-refractivity contribution is -0.307. The predicted molar refractivity (Wildman–Crippen MR) is 187 cm³/mol. The summed E-state index contributed by atoms with van der Waals surface area (Å²) in [6.07, 6.45) is -5.27. The number of fused-ring (bicyclic) bond motifs is 2. The molecule has 294 valence electrons. The molecule has 2 bridgehead atoms. The molecule has 0 aromatic carbocycles. The summed E-state index contributed by atoms with van der Waals surface area (Å²) in [6.45, 7) is 19.0. The Morgan fingerprint density at radius 3 is 2.24 bits per heavy atom. The number of aliphatic hydroxyl groups excluding tert-OH is 1. The van der Waals surface area contributed by atoms with Gasteiger partial charge in [-0.05, 0) is 74.1 Å². The number of ether oxygens (including phenoxy) is 8. The van der Waals surface area contributed by atoms with Gasteiger partial charge in [0.1, 0.15) is 35.3 Å². The van der Waals surface area contributed by atoms with Crippen LogP contribution in [0.4, 0.5) is 0 Å². The van der Waals surface area contributed by atoms with E-state index < -0.39 is 90.2 Å². The Morgan fingerprint density at radius 1 is 0.980 bits per heavy atom. The first-order chi connectivity index (χ1) is 23.8. The second-order valence-electron chi connectivity index (χ2n) is 16.2. The number of esters is 1. The molecule has 3 fully saturated rings. The second kappa shape index (κ2) is 16.7. The number of rotatable bonds is 9. The Hall–Kier alpha value is -1.84. The van der Waals surface area contributed by atoms with Gasteiger partial charge in [-0.3, -0.25) is 9.59 Å². The zero-order chi connectivity index (χ0) is 38.2. The van der Waals surface area contributed by atoms with Crippen molar-refractivity contribution in [2.45, 2.75) is 174 Å². The standard InChI is InChI=1S/C38H65NO12/c1-14-28-38(10,43)33(41)23(6)30-19(2)15-27(48-30)32(51-36-21(4)26(39(11)12)16-20(3)46-36)22(5)31(24(7)35(42)49-28)50-29-17-37(9,44-13)34(45-18-40)25(8)47-29/h18,20-29,31-34,36,41,43H,14-17H2,1-13H3/t20-,21-,22+,23+,24-,25?,26+,27-,28-,29+,31+,32-,33-,34+,36?,37-,38-/m1/s1. The number of methoxy groups -OCH3 is 1. The molecule has 17 atom stereocenters. The van der Waals surface area contributed by atoms with Crippen molar-refractivity contribution < 1.29 is 57.7 Å². The number of nitrogens with zero attached hydrogens (tertiary/aromatic N) is 1. The fourth-order valence-electron chi connectivity index (χ4n) is 8.87. The van der Waals surface area contributed by atoms with Gasteiger partial charge in [0.05, 0.1) is 30.3 Å². The van der Waals surface area contributed by atoms with Crippen LogP contribution in [0.2, 0.25) is 0 Å². The van der Waals surface area contributed by atoms with Gasteiger partial charge in [-0.25, -0.2) is 0 Å². The molecule has 3 saturated heterocycles. The van der Waals surface area contributed by atoms with Crippen molar-refractivity contribution in [1.82, 2.24) is 4.90 Å². The third-order valence-electron chi connectivity index (χ3n) is 12.1. The van der Waals surface area contributed by atoms with Crippen LogP contribution in [0.5, 0.6) is 0 Å². The maximum atomic E-state index is 14.1. The van der Waals surface area contributed by atoms with Crippen molar-refractivity contribution in [1.29, 1.82) is 0 Å². The molecule has 2 unspecified atom stereocenters. The third-order valence-corrected chi connectivity index (χ3v) is 12.1. The van der Waals surface area contributed by atoms with Crippen molar-refractivity contribution in [2.75, 3.05) is 21.2 Å². The lowest BCUT2D eigenvalue weighted by Gasteiger charge is -2.48. The summed E-state index contributed by atoms with van der Waals surface area (Å²) in [7, 11) is 5.67. The number of aliphatic hydroxyl groups is 2. The maximum absolute atomic E-state index is 14.1. The van der Waals surface area contributed by atoms with Gasteiger partial charge >= 0.3 is 5.97 Å². The molecule has 0 saturated carbocycles. The molecular formula is C38H65NO12. The van der Waals surface area contributed by atoms with Crippen LogP contribution in [-0.2, 0) is 47.5 Å². The first-order valence-electron chi connectivity index (χ1n) is 18.7. The van der Waals surface area contributed by atoms with Gasteiger partial charge in [-0.1, -0.05) is 27.7 Å². The van der Waals surface area contributed by atoms with Gasteiger partial charge in [-0.2, -0.15) is 0 Å². The van der Waals surface area contributed by atoms with Crippen LogP contribution in [0, 0.1) is 23.7 Å². The van der Waals surface area contributed by atoms with E-state index in [1.807, 2.05) is 34.6 Å². The fourth-order valence-corrected chi connectivity index (χ4v) is 8.87. The van der Waals surface area contributed by atoms with Crippen LogP contribution in [0.25, 0.3) is 0 Å². The lowest BCUT2D eigenvalue weighted by Crippen LogP contribution is -2.59. The molecule has 0 aliphatic carbocycles. The molecule has 13 nitrogen and oxygen atoms in total. The molecule has 51 heavy (non-hydrogen) atoms. The Balaban J connectivity index is 1.80. The minimum Gasteiger partial charge on any atom is -0.491 e. The van der Waals surface area contributed by atoms with Crippen LogP contribution in [-0.4, -0.2) is 127 Å². The van der Waals surface area contributed by atoms with E-state index in [1.54, 1.807) is 27.9 Å². The topological polar surface area (TPSA) is 152 Å². The van der Waals surface area contributed by atoms with Crippen molar-refractivity contribution in [3.8, 4) is 0 Å². The van der Waals surface area contributed by atoms with Gasteiger partial charge < -0.3 is 53.0 Å². The van der Waals surface area contributed by atoms with Crippen LogP contribution in [0.3, 0.4) is 0 Å². The first kappa shape index (κ1) is 41.9. The summed E-state index contributed by atoms with van der Waals surface area (Å²) < 4.78 is 50.7. The molecule has 0 spiro atoms. The van der Waals surface area contributed by atoms with Crippen LogP contribution < -0.4 is 0 Å². The zero-order valence-electron chi connectivity index (χ0n) is 33.0. The average molecular weight is 728 g/mol. The second-order valence-corrected chi connectivity index (χ2v) is 16.2. The van der Waals surface area contributed by atoms with E-state index >= 15 is 0 Å². The van der Waals surface area contributed by atoms with E-state index in [9.17, 15) is 19.8 Å². The molecule has 4 aliphatic heterocycles. The SMILES string of the molecule is CC[C@H]1OC(=O)[C@H](C)[C@@H](O[C@H]2C[C@@](C)(OC)[C@@H](OC=O)C(C)O2)[C@H](C)[C@@H](OC2O[C@H](C)C[C@H](N(C)C)[C@H]2C)[C@H]2CC(C)=C(O2)[C@H](C)[C@@H](O)[C@]1(C)O. The Bertz CT molecular complexity index is 1230. The summed E-state index contributed by atoms with van der Waals surface area (Å²) in [4.78, 5) is 27.7. The Labute approximate surface area is 304 Å². The molecule has 0 amide bonds. The van der Waals surface area contributed by atoms with Gasteiger partial charge in [0, 0.05) is 43.7 Å². The van der Waals surface area contributed by atoms with Gasteiger partial charge in [0.2, 0.25) is 0 Å². The molecule has 2 N–H and O–H groups in total. The van der Waals surface area contributed by atoms with Crippen molar-refractivity contribution >= 4 is 12.4 Å². The Kier molecular flexibility index (Phi) is 13.7. The molecule has 4 aliphatic rings. The predicted octanol–water partition coefficient (Wildman–Crippen LogP) is 3.96. The number of hydrogen-bond donors (Lipinski definition) is 2. The minimum absolute atomic E-state index is 0.00511. The normalized spacial score (nSPS) is 47.1. The van der Waals surface area contributed by atoms with Crippen LogP contribution >= 0.6 is 0 Å². The third kappa shape index (κ3) is 8.61. The molecular weight excluding hydrogens is 662 g/mol. The van der Waals surface area contributed by atoms with Crippen molar-refractivity contribution in [3.05, 3.63) is 11.3 Å². The fraction of sp³-hybridized carbons (Fsp3) is 0.895. The largest absolute Gasteiger partial charge is 0.491 e. The van der Waals surface area contributed by atoms with E-state index in [0.29, 0.717) is 18.7 Å². The van der Waals surface area contributed by atoms with E-state index in [-0.39, 0.29) is 30.9 Å². The number of carbonyl (C=O) groups excluding carboxylic acids is 2. The number of hydrogen-bond acceptors (Lipinski definition) is 13. The Morgan fingerprint density at radius 2 is 1.65 bits per heavy atom. The summed E-state index contributed by atoms with van der Waals surface area (Å²) in [5.74, 6) is -1.98. The maximum Gasteiger partial charge on any atom is 0.311 e. The van der Waals surface area contributed by atoms with Crippen LogP contribution in [0.15, 0.2) is 11.3 Å². The van der Waals surface area contributed by atoms with Crippen molar-refractivity contribution in [3.63, 3.8) is 0 Å². The summed E-state index contributed by atoms with van der Waals surface area (Å²) in [5.41, 5.74) is -1.79. The quantitative estimate of drug-likeness (QED) is 0.261. The highest BCUT2D eigenvalue weighted by molar-refractivity contribution is 5.73. The molecule has 0 radical (unpaired) electrons. The zero-order valence-corrected chi connectivity index (χ0v) is 33.0. The van der Waals surface area contributed by atoms with E-state index in [2.05, 4.69) is 25.9 Å². The molecule has 13 heteroatoms. The summed E-state index contributed by atoms with van der Waals surface area (Å²) >= 11 is 0. The highest BCUT2D eigenvalue weighted by Gasteiger charge is 2.53. The van der Waals surface area contributed by atoms with Crippen molar-refractivity contribution in [2.24, 2.45) is 23.7 Å². The lowest BCUT2D eigenvalue weighted by atomic mass is 9.81. The highest BCUT2D eigenvalue weighted by Crippen LogP contribution is 2.43.